The molecule has 0 fully saturated rings. The molecule has 1 aromatic carbocycles. The third-order valence-electron chi connectivity index (χ3n) is 4.32. The minimum absolute atomic E-state index is 0.345. The van der Waals surface area contributed by atoms with Crippen LogP contribution in [0.1, 0.15) is 16.8 Å². The molecule has 0 radical (unpaired) electrons. The summed E-state index contributed by atoms with van der Waals surface area (Å²) in [4.78, 5) is 8.79. The van der Waals surface area contributed by atoms with E-state index in [0.717, 1.165) is 35.5 Å². The van der Waals surface area contributed by atoms with Crippen LogP contribution in [0.5, 0.6) is 0 Å². The van der Waals surface area contributed by atoms with Gasteiger partial charge in [0.25, 0.3) is 0 Å². The molecule has 0 atom stereocenters. The van der Waals surface area contributed by atoms with E-state index in [1.54, 1.807) is 7.05 Å². The van der Waals surface area contributed by atoms with Crippen molar-refractivity contribution in [1.29, 1.82) is 0 Å². The molecule has 27 heavy (non-hydrogen) atoms. The molecule has 0 aliphatic heterocycles. The van der Waals surface area contributed by atoms with Crippen molar-refractivity contribution >= 4 is 11.6 Å². The number of halogens is 2. The van der Waals surface area contributed by atoms with Gasteiger partial charge >= 0.3 is 0 Å². The summed E-state index contributed by atoms with van der Waals surface area (Å²) in [6, 6.07) is 7.53. The maximum Gasteiger partial charge on any atom is 0.190 e. The van der Waals surface area contributed by atoms with Crippen LogP contribution in [0.2, 0.25) is 0 Å². The maximum absolute atomic E-state index is 13.6. The van der Waals surface area contributed by atoms with Gasteiger partial charge in [-0.25, -0.2) is 13.8 Å². The van der Waals surface area contributed by atoms with Crippen LogP contribution in [0.4, 0.5) is 8.78 Å². The van der Waals surface area contributed by atoms with Crippen LogP contribution >= 0.6 is 0 Å². The van der Waals surface area contributed by atoms with Crippen LogP contribution in [0, 0.1) is 18.6 Å². The molecule has 0 bridgehead atoms. The average molecular weight is 371 g/mol. The van der Waals surface area contributed by atoms with Crippen LogP contribution in [0.3, 0.4) is 0 Å². The SMILES string of the molecule is CN=C(NCCc1cn2cccc(C)c2n1)NCCc1cc(F)ccc1F. The molecule has 2 heterocycles. The number of guanidine groups is 1. The van der Waals surface area contributed by atoms with Crippen LogP contribution in [0.15, 0.2) is 47.7 Å². The summed E-state index contributed by atoms with van der Waals surface area (Å²) in [7, 11) is 1.67. The topological polar surface area (TPSA) is 53.7 Å². The van der Waals surface area contributed by atoms with E-state index < -0.39 is 11.6 Å². The summed E-state index contributed by atoms with van der Waals surface area (Å²) in [6.07, 6.45) is 5.13. The molecule has 3 rings (SSSR count). The Bertz CT molecular complexity index is 949. The summed E-state index contributed by atoms with van der Waals surface area (Å²) in [5.74, 6) is -0.216. The second-order valence-electron chi connectivity index (χ2n) is 6.32. The molecule has 142 valence electrons. The Labute approximate surface area is 157 Å². The summed E-state index contributed by atoms with van der Waals surface area (Å²) in [5, 5.41) is 6.32. The Morgan fingerprint density at radius 2 is 1.93 bits per heavy atom. The van der Waals surface area contributed by atoms with Gasteiger partial charge in [0.1, 0.15) is 17.3 Å². The van der Waals surface area contributed by atoms with Crippen LogP contribution < -0.4 is 10.6 Å². The number of aryl methyl sites for hydroxylation is 1. The molecule has 2 N–H and O–H groups in total. The number of nitrogens with one attached hydrogen (secondary N) is 2. The van der Waals surface area contributed by atoms with Gasteiger partial charge in [0, 0.05) is 39.0 Å². The first kappa shape index (κ1) is 18.8. The minimum Gasteiger partial charge on any atom is -0.356 e. The van der Waals surface area contributed by atoms with Crippen molar-refractivity contribution in [1.82, 2.24) is 20.0 Å². The maximum atomic E-state index is 13.6. The third kappa shape index (κ3) is 4.81. The lowest BCUT2D eigenvalue weighted by atomic mass is 10.1. The lowest BCUT2D eigenvalue weighted by molar-refractivity contribution is 0.583. The molecule has 0 amide bonds. The van der Waals surface area contributed by atoms with E-state index in [4.69, 9.17) is 0 Å². The smallest absolute Gasteiger partial charge is 0.190 e. The number of hydrogen-bond donors (Lipinski definition) is 2. The number of hydrogen-bond acceptors (Lipinski definition) is 2. The molecule has 2 aromatic heterocycles. The largest absolute Gasteiger partial charge is 0.356 e. The molecular formula is C20H23F2N5. The number of nitrogens with zero attached hydrogens (tertiary/aromatic N) is 3. The normalized spacial score (nSPS) is 11.8. The zero-order chi connectivity index (χ0) is 19.2. The van der Waals surface area contributed by atoms with E-state index in [1.807, 2.05) is 35.9 Å². The quantitative estimate of drug-likeness (QED) is 0.518. The van der Waals surface area contributed by atoms with Crippen molar-refractivity contribution < 1.29 is 8.78 Å². The number of aliphatic imine (C=N–C) groups is 1. The number of fused-ring (bicyclic) bond motifs is 1. The number of imidazole rings is 1. The molecular weight excluding hydrogens is 348 g/mol. The number of pyridine rings is 1. The Morgan fingerprint density at radius 3 is 2.67 bits per heavy atom. The number of aromatic nitrogens is 2. The molecule has 0 aliphatic rings. The first-order valence-electron chi connectivity index (χ1n) is 8.88. The Morgan fingerprint density at radius 1 is 1.15 bits per heavy atom. The molecule has 3 aromatic rings. The van der Waals surface area contributed by atoms with Crippen molar-refractivity contribution in [3.63, 3.8) is 0 Å². The molecule has 7 heteroatoms. The monoisotopic (exact) mass is 371 g/mol. The Hall–Kier alpha value is -2.96. The predicted molar refractivity (Wildman–Crippen MR) is 103 cm³/mol. The number of benzene rings is 1. The highest BCUT2D eigenvalue weighted by Gasteiger charge is 2.06. The van der Waals surface area contributed by atoms with Crippen molar-refractivity contribution in [2.24, 2.45) is 4.99 Å². The highest BCUT2D eigenvalue weighted by Crippen LogP contribution is 2.11. The summed E-state index contributed by atoms with van der Waals surface area (Å²) in [5.41, 5.74) is 3.44. The first-order valence-corrected chi connectivity index (χ1v) is 8.88. The van der Waals surface area contributed by atoms with Gasteiger partial charge in [-0.15, -0.1) is 0 Å². The minimum atomic E-state index is -0.434. The average Bonchev–Trinajstić information content (AvgIpc) is 3.07. The van der Waals surface area contributed by atoms with Crippen molar-refractivity contribution in [2.45, 2.75) is 19.8 Å². The van der Waals surface area contributed by atoms with Gasteiger partial charge in [-0.3, -0.25) is 4.99 Å². The molecule has 0 spiro atoms. The second kappa shape index (κ2) is 8.62. The summed E-state index contributed by atoms with van der Waals surface area (Å²) < 4.78 is 28.9. The third-order valence-corrected chi connectivity index (χ3v) is 4.32. The molecule has 0 unspecified atom stereocenters. The zero-order valence-corrected chi connectivity index (χ0v) is 15.5. The standard InChI is InChI=1S/C20H23F2N5/c1-14-4-3-11-27-13-17(26-19(14)27)8-10-25-20(23-2)24-9-7-15-12-16(21)5-6-18(15)22/h3-6,11-13H,7-10H2,1-2H3,(H2,23,24,25). The van der Waals surface area contributed by atoms with Crippen LogP contribution in [0.25, 0.3) is 5.65 Å². The van der Waals surface area contributed by atoms with Crippen molar-refractivity contribution in [3.8, 4) is 0 Å². The summed E-state index contributed by atoms with van der Waals surface area (Å²) >= 11 is 0. The first-order chi connectivity index (χ1) is 13.1. The highest BCUT2D eigenvalue weighted by molar-refractivity contribution is 5.79. The second-order valence-corrected chi connectivity index (χ2v) is 6.32. The lowest BCUT2D eigenvalue weighted by Gasteiger charge is -2.11. The van der Waals surface area contributed by atoms with Gasteiger partial charge in [-0.05, 0) is 48.7 Å². The van der Waals surface area contributed by atoms with Crippen LogP contribution in [-0.4, -0.2) is 35.5 Å². The van der Waals surface area contributed by atoms with Gasteiger partial charge in [0.05, 0.1) is 5.69 Å². The van der Waals surface area contributed by atoms with E-state index in [9.17, 15) is 8.78 Å². The molecule has 5 nitrogen and oxygen atoms in total. The lowest BCUT2D eigenvalue weighted by Crippen LogP contribution is -2.39. The van der Waals surface area contributed by atoms with E-state index >= 15 is 0 Å². The van der Waals surface area contributed by atoms with Crippen LogP contribution in [-0.2, 0) is 12.8 Å². The molecule has 0 aliphatic carbocycles. The van der Waals surface area contributed by atoms with E-state index in [0.29, 0.717) is 31.0 Å². The van der Waals surface area contributed by atoms with Gasteiger partial charge in [0.2, 0.25) is 0 Å². The Balaban J connectivity index is 1.47. The van der Waals surface area contributed by atoms with E-state index in [2.05, 4.69) is 20.6 Å². The van der Waals surface area contributed by atoms with Gasteiger partial charge < -0.3 is 15.0 Å². The summed E-state index contributed by atoms with van der Waals surface area (Å²) in [6.45, 7) is 3.15. The fraction of sp³-hybridized carbons (Fsp3) is 0.300. The Kier molecular flexibility index (Phi) is 6.01. The van der Waals surface area contributed by atoms with Gasteiger partial charge in [0.15, 0.2) is 5.96 Å². The molecule has 0 saturated carbocycles. The predicted octanol–water partition coefficient (Wildman–Crippen LogP) is 2.87. The number of rotatable bonds is 6. The van der Waals surface area contributed by atoms with E-state index in [1.165, 1.54) is 6.07 Å². The van der Waals surface area contributed by atoms with Gasteiger partial charge in [-0.1, -0.05) is 6.07 Å². The fourth-order valence-electron chi connectivity index (χ4n) is 2.90. The molecule has 0 saturated heterocycles. The van der Waals surface area contributed by atoms with E-state index in [-0.39, 0.29) is 0 Å². The van der Waals surface area contributed by atoms with Gasteiger partial charge in [-0.2, -0.15) is 0 Å². The van der Waals surface area contributed by atoms with Crippen molar-refractivity contribution in [3.05, 3.63) is 71.2 Å². The zero-order valence-electron chi connectivity index (χ0n) is 15.5. The fourth-order valence-corrected chi connectivity index (χ4v) is 2.90. The highest BCUT2D eigenvalue weighted by atomic mass is 19.1. The van der Waals surface area contributed by atoms with Crippen molar-refractivity contribution in [2.75, 3.05) is 20.1 Å².